The molecule has 1 aromatic heterocycles. The van der Waals surface area contributed by atoms with E-state index < -0.39 is 52.7 Å². The van der Waals surface area contributed by atoms with Gasteiger partial charge in [-0.15, -0.1) is 0 Å². The maximum atomic E-state index is 14.2. The zero-order valence-corrected chi connectivity index (χ0v) is 20.9. The summed E-state index contributed by atoms with van der Waals surface area (Å²) < 4.78 is 92.8. The number of alkyl halides is 3. The molecule has 1 amide bonds. The molecule has 0 aliphatic rings. The number of carbonyl (C=O) groups excluding carboxylic acids is 2. The zero-order chi connectivity index (χ0) is 29.2. The summed E-state index contributed by atoms with van der Waals surface area (Å²) in [5.74, 6) is -6.05. The van der Waals surface area contributed by atoms with E-state index in [-0.39, 0.29) is 28.8 Å². The first-order chi connectivity index (χ1) is 19.0. The maximum Gasteiger partial charge on any atom is 0.419 e. The number of nitrogens with zero attached hydrogens (tertiary/aromatic N) is 1. The molecule has 0 aliphatic heterocycles. The van der Waals surface area contributed by atoms with Gasteiger partial charge in [0, 0.05) is 35.2 Å². The second-order valence-corrected chi connectivity index (χ2v) is 8.55. The highest BCUT2D eigenvalue weighted by atomic mass is 19.4. The summed E-state index contributed by atoms with van der Waals surface area (Å²) >= 11 is 0. The van der Waals surface area contributed by atoms with Crippen LogP contribution in [0.1, 0.15) is 21.5 Å². The van der Waals surface area contributed by atoms with Gasteiger partial charge < -0.3 is 14.8 Å². The van der Waals surface area contributed by atoms with Crippen molar-refractivity contribution < 1.29 is 45.4 Å². The molecule has 1 atom stereocenters. The van der Waals surface area contributed by atoms with E-state index in [2.05, 4.69) is 10.3 Å². The van der Waals surface area contributed by atoms with E-state index in [4.69, 9.17) is 9.47 Å². The molecule has 4 rings (SSSR count). The number of hydrogen-bond donors (Lipinski definition) is 1. The molecule has 0 saturated carbocycles. The van der Waals surface area contributed by atoms with Crippen molar-refractivity contribution in [3.63, 3.8) is 0 Å². The highest BCUT2D eigenvalue weighted by molar-refractivity contribution is 5.99. The first-order valence-corrected chi connectivity index (χ1v) is 11.6. The smallest absolute Gasteiger partial charge is 0.419 e. The molecule has 0 aliphatic carbocycles. The van der Waals surface area contributed by atoms with Crippen molar-refractivity contribution in [1.29, 1.82) is 0 Å². The van der Waals surface area contributed by atoms with Gasteiger partial charge in [-0.1, -0.05) is 24.3 Å². The fourth-order valence-electron chi connectivity index (χ4n) is 4.28. The van der Waals surface area contributed by atoms with Crippen LogP contribution in [0.25, 0.3) is 22.0 Å². The van der Waals surface area contributed by atoms with Crippen LogP contribution in [0, 0.1) is 17.5 Å². The summed E-state index contributed by atoms with van der Waals surface area (Å²) in [7, 11) is 2.24. The van der Waals surface area contributed by atoms with Gasteiger partial charge in [0.1, 0.15) is 34.8 Å². The van der Waals surface area contributed by atoms with Crippen molar-refractivity contribution >= 4 is 22.8 Å². The third-order valence-electron chi connectivity index (χ3n) is 6.15. The van der Waals surface area contributed by atoms with Gasteiger partial charge in [0.25, 0.3) is 5.91 Å². The second-order valence-electron chi connectivity index (χ2n) is 8.55. The summed E-state index contributed by atoms with van der Waals surface area (Å²) in [6.07, 6.45) is -3.82. The number of esters is 1. The fraction of sp³-hybridized carbons (Fsp3) is 0.179. The number of rotatable bonds is 7. The minimum atomic E-state index is -4.97. The lowest BCUT2D eigenvalue weighted by molar-refractivity contribution is -0.143. The lowest BCUT2D eigenvalue weighted by atomic mass is 9.93. The number of amides is 1. The largest absolute Gasteiger partial charge is 0.496 e. The number of methoxy groups -OCH3 is 2. The second kappa shape index (κ2) is 11.2. The zero-order valence-electron chi connectivity index (χ0n) is 20.9. The molecule has 40 heavy (non-hydrogen) atoms. The van der Waals surface area contributed by atoms with Crippen LogP contribution >= 0.6 is 0 Å². The minimum absolute atomic E-state index is 0.0840. The Morgan fingerprint density at radius 2 is 1.62 bits per heavy atom. The van der Waals surface area contributed by atoms with E-state index >= 15 is 0 Å². The van der Waals surface area contributed by atoms with Crippen LogP contribution in [0.3, 0.4) is 0 Å². The summed E-state index contributed by atoms with van der Waals surface area (Å²) in [4.78, 5) is 29.5. The predicted octanol–water partition coefficient (Wildman–Crippen LogP) is 5.86. The van der Waals surface area contributed by atoms with Gasteiger partial charge in [0.2, 0.25) is 0 Å². The SMILES string of the molecule is COC(=O)[C@H](Cc1ccc(-c2cc(C(F)(F)F)c(F)cc2OC)c2ncccc12)NC(=O)c1c(F)cccc1F. The van der Waals surface area contributed by atoms with Crippen LogP contribution in [-0.2, 0) is 22.1 Å². The standard InChI is InChI=1S/C28H20F6N2O4/c1-39-23-13-21(31)18(28(32,33)34)12-17(23)16-9-8-14(15-5-4-10-35-25(15)16)11-22(27(38)40-2)36-26(37)24-19(29)6-3-7-20(24)30/h3-10,12-13,22H,11H2,1-2H3,(H,36,37)/t22-/m0/s1. The van der Waals surface area contributed by atoms with Gasteiger partial charge in [0.15, 0.2) is 0 Å². The molecule has 12 heteroatoms. The Morgan fingerprint density at radius 3 is 2.25 bits per heavy atom. The van der Waals surface area contributed by atoms with E-state index in [0.29, 0.717) is 23.1 Å². The Labute approximate surface area is 223 Å². The first-order valence-electron chi connectivity index (χ1n) is 11.6. The number of ether oxygens (including phenoxy) is 2. The Morgan fingerprint density at radius 1 is 0.925 bits per heavy atom. The number of hydrogen-bond acceptors (Lipinski definition) is 5. The Kier molecular flexibility index (Phi) is 7.98. The molecule has 3 aromatic carbocycles. The summed E-state index contributed by atoms with van der Waals surface area (Å²) in [5.41, 5.74) is -1.71. The topological polar surface area (TPSA) is 77.5 Å². The van der Waals surface area contributed by atoms with Gasteiger partial charge in [-0.2, -0.15) is 13.2 Å². The maximum absolute atomic E-state index is 14.2. The molecule has 0 unspecified atom stereocenters. The monoisotopic (exact) mass is 562 g/mol. The Hall–Kier alpha value is -4.61. The number of fused-ring (bicyclic) bond motifs is 1. The molecule has 0 saturated heterocycles. The Bertz CT molecular complexity index is 1590. The highest BCUT2D eigenvalue weighted by Gasteiger charge is 2.35. The number of benzene rings is 3. The van der Waals surface area contributed by atoms with Crippen LogP contribution in [0.4, 0.5) is 26.3 Å². The van der Waals surface area contributed by atoms with Crippen molar-refractivity contribution in [3.05, 3.63) is 94.9 Å². The van der Waals surface area contributed by atoms with E-state index in [1.165, 1.54) is 25.4 Å². The van der Waals surface area contributed by atoms with E-state index in [0.717, 1.165) is 25.3 Å². The van der Waals surface area contributed by atoms with Crippen LogP contribution in [-0.4, -0.2) is 37.1 Å². The molecule has 6 nitrogen and oxygen atoms in total. The van der Waals surface area contributed by atoms with Crippen molar-refractivity contribution in [1.82, 2.24) is 10.3 Å². The molecule has 0 fully saturated rings. The molecular weight excluding hydrogens is 542 g/mol. The van der Waals surface area contributed by atoms with Gasteiger partial charge in [-0.05, 0) is 29.8 Å². The van der Waals surface area contributed by atoms with Crippen molar-refractivity contribution in [2.75, 3.05) is 14.2 Å². The molecule has 4 aromatic rings. The molecule has 208 valence electrons. The van der Waals surface area contributed by atoms with Gasteiger partial charge in [0.05, 0.1) is 25.3 Å². The summed E-state index contributed by atoms with van der Waals surface area (Å²) in [6.45, 7) is 0. The molecule has 1 N–H and O–H groups in total. The van der Waals surface area contributed by atoms with Crippen LogP contribution in [0.5, 0.6) is 5.75 Å². The molecule has 1 heterocycles. The average molecular weight is 562 g/mol. The number of pyridine rings is 1. The first kappa shape index (κ1) is 28.4. The van der Waals surface area contributed by atoms with E-state index in [1.54, 1.807) is 12.1 Å². The quantitative estimate of drug-likeness (QED) is 0.226. The van der Waals surface area contributed by atoms with Crippen molar-refractivity contribution in [3.8, 4) is 16.9 Å². The van der Waals surface area contributed by atoms with Crippen molar-refractivity contribution in [2.45, 2.75) is 18.6 Å². The fourth-order valence-corrected chi connectivity index (χ4v) is 4.28. The van der Waals surface area contributed by atoms with Crippen LogP contribution < -0.4 is 10.1 Å². The number of aromatic nitrogens is 1. The number of carbonyl (C=O) groups is 2. The predicted molar refractivity (Wildman–Crippen MR) is 132 cm³/mol. The third-order valence-corrected chi connectivity index (χ3v) is 6.15. The normalized spacial score (nSPS) is 12.2. The average Bonchev–Trinajstić information content (AvgIpc) is 2.91. The number of halogens is 6. The third kappa shape index (κ3) is 5.56. The molecule has 0 bridgehead atoms. The van der Waals surface area contributed by atoms with Crippen LogP contribution in [0.2, 0.25) is 0 Å². The minimum Gasteiger partial charge on any atom is -0.496 e. The van der Waals surface area contributed by atoms with E-state index in [1.807, 2.05) is 0 Å². The van der Waals surface area contributed by atoms with Crippen molar-refractivity contribution in [2.24, 2.45) is 0 Å². The van der Waals surface area contributed by atoms with Crippen LogP contribution in [0.15, 0.2) is 60.8 Å². The molecular formula is C28H20F6N2O4. The van der Waals surface area contributed by atoms with Gasteiger partial charge >= 0.3 is 12.1 Å². The molecule has 0 radical (unpaired) electrons. The summed E-state index contributed by atoms with van der Waals surface area (Å²) in [6, 6.07) is 8.70. The lowest BCUT2D eigenvalue weighted by Gasteiger charge is -2.19. The summed E-state index contributed by atoms with van der Waals surface area (Å²) in [5, 5.41) is 2.65. The van der Waals surface area contributed by atoms with Gasteiger partial charge in [-0.25, -0.2) is 18.0 Å². The Balaban J connectivity index is 1.79. The molecule has 0 spiro atoms. The lowest BCUT2D eigenvalue weighted by Crippen LogP contribution is -2.43. The van der Waals surface area contributed by atoms with E-state index in [9.17, 15) is 35.9 Å². The highest BCUT2D eigenvalue weighted by Crippen LogP contribution is 2.41. The van der Waals surface area contributed by atoms with Gasteiger partial charge in [-0.3, -0.25) is 9.78 Å². The number of nitrogens with one attached hydrogen (secondary N) is 1.